The summed E-state index contributed by atoms with van der Waals surface area (Å²) >= 11 is 0. The fourth-order valence-electron chi connectivity index (χ4n) is 3.53. The Hall–Kier alpha value is -2.30. The first-order valence-corrected chi connectivity index (χ1v) is 9.03. The van der Waals surface area contributed by atoms with Crippen molar-refractivity contribution in [1.29, 1.82) is 0 Å². The number of amides is 2. The van der Waals surface area contributed by atoms with Gasteiger partial charge in [-0.05, 0) is 38.8 Å². The number of nitrogens with zero attached hydrogens (tertiary/aromatic N) is 1. The van der Waals surface area contributed by atoms with Gasteiger partial charge in [0, 0.05) is 24.2 Å². The molecule has 0 saturated heterocycles. The van der Waals surface area contributed by atoms with Gasteiger partial charge < -0.3 is 15.0 Å². The predicted octanol–water partition coefficient (Wildman–Crippen LogP) is 3.90. The van der Waals surface area contributed by atoms with Crippen molar-refractivity contribution in [2.45, 2.75) is 52.1 Å². The SMILES string of the molecule is C=C(C)CN1C(=O)C(C)Oc2cc(NC(=O)C3CCCCC3)ccc21. The van der Waals surface area contributed by atoms with E-state index in [4.69, 9.17) is 4.74 Å². The molecule has 1 aliphatic heterocycles. The number of hydrogen-bond acceptors (Lipinski definition) is 3. The summed E-state index contributed by atoms with van der Waals surface area (Å²) in [5.74, 6) is 0.730. The first-order valence-electron chi connectivity index (χ1n) is 9.03. The van der Waals surface area contributed by atoms with Crippen LogP contribution < -0.4 is 15.0 Å². The molecule has 3 rings (SSSR count). The molecule has 1 unspecified atom stereocenters. The lowest BCUT2D eigenvalue weighted by atomic mass is 9.88. The Morgan fingerprint density at radius 1 is 1.32 bits per heavy atom. The lowest BCUT2D eigenvalue weighted by molar-refractivity contribution is -0.125. The lowest BCUT2D eigenvalue weighted by Gasteiger charge is -2.33. The molecule has 2 aliphatic rings. The van der Waals surface area contributed by atoms with Crippen LogP contribution >= 0.6 is 0 Å². The monoisotopic (exact) mass is 342 g/mol. The van der Waals surface area contributed by atoms with Crippen molar-refractivity contribution in [1.82, 2.24) is 0 Å². The smallest absolute Gasteiger partial charge is 0.268 e. The Labute approximate surface area is 149 Å². The van der Waals surface area contributed by atoms with E-state index in [0.29, 0.717) is 18.0 Å². The second kappa shape index (κ2) is 7.30. The fourth-order valence-corrected chi connectivity index (χ4v) is 3.53. The van der Waals surface area contributed by atoms with Crippen molar-refractivity contribution in [3.8, 4) is 5.75 Å². The summed E-state index contributed by atoms with van der Waals surface area (Å²) in [6.07, 6.45) is 4.86. The summed E-state index contributed by atoms with van der Waals surface area (Å²) in [5.41, 5.74) is 2.34. The summed E-state index contributed by atoms with van der Waals surface area (Å²) in [6.45, 7) is 8.00. The van der Waals surface area contributed by atoms with Crippen LogP contribution in [-0.4, -0.2) is 24.5 Å². The zero-order chi connectivity index (χ0) is 18.0. The summed E-state index contributed by atoms with van der Waals surface area (Å²) < 4.78 is 5.75. The maximum atomic E-state index is 12.4. The second-order valence-electron chi connectivity index (χ2n) is 7.15. The van der Waals surface area contributed by atoms with Crippen molar-refractivity contribution in [2.75, 3.05) is 16.8 Å². The summed E-state index contributed by atoms with van der Waals surface area (Å²) in [6, 6.07) is 5.47. The maximum absolute atomic E-state index is 12.4. The molecule has 1 N–H and O–H groups in total. The third-order valence-electron chi connectivity index (χ3n) is 4.84. The molecular weight excluding hydrogens is 316 g/mol. The Morgan fingerprint density at radius 3 is 2.72 bits per heavy atom. The standard InChI is InChI=1S/C20H26N2O3/c1-13(2)12-22-17-10-9-16(11-18(17)25-14(3)20(22)24)21-19(23)15-7-5-4-6-8-15/h9-11,14-15H,1,4-8,12H2,2-3H3,(H,21,23). The molecule has 1 aromatic carbocycles. The number of benzene rings is 1. The Kier molecular flexibility index (Phi) is 5.11. The maximum Gasteiger partial charge on any atom is 0.268 e. The van der Waals surface area contributed by atoms with Crippen LogP contribution in [0.5, 0.6) is 5.75 Å². The number of carbonyl (C=O) groups is 2. The molecule has 2 amide bonds. The largest absolute Gasteiger partial charge is 0.479 e. The highest BCUT2D eigenvalue weighted by Crippen LogP contribution is 2.37. The molecule has 0 radical (unpaired) electrons. The van der Waals surface area contributed by atoms with Gasteiger partial charge >= 0.3 is 0 Å². The van der Waals surface area contributed by atoms with E-state index in [1.165, 1.54) is 6.42 Å². The van der Waals surface area contributed by atoms with Gasteiger partial charge in [-0.1, -0.05) is 31.4 Å². The van der Waals surface area contributed by atoms with Crippen molar-refractivity contribution >= 4 is 23.2 Å². The molecule has 1 saturated carbocycles. The summed E-state index contributed by atoms with van der Waals surface area (Å²) in [4.78, 5) is 26.5. The molecule has 0 bridgehead atoms. The number of rotatable bonds is 4. The number of fused-ring (bicyclic) bond motifs is 1. The molecule has 25 heavy (non-hydrogen) atoms. The quantitative estimate of drug-likeness (QED) is 0.845. The van der Waals surface area contributed by atoms with Gasteiger partial charge in [-0.2, -0.15) is 0 Å². The number of ether oxygens (including phenoxy) is 1. The highest BCUT2D eigenvalue weighted by Gasteiger charge is 2.31. The van der Waals surface area contributed by atoms with Gasteiger partial charge in [0.2, 0.25) is 5.91 Å². The molecule has 1 aromatic rings. The highest BCUT2D eigenvalue weighted by molar-refractivity contribution is 6.01. The van der Waals surface area contributed by atoms with E-state index in [-0.39, 0.29) is 17.7 Å². The molecule has 0 spiro atoms. The van der Waals surface area contributed by atoms with Crippen molar-refractivity contribution < 1.29 is 14.3 Å². The second-order valence-corrected chi connectivity index (χ2v) is 7.15. The Balaban J connectivity index is 1.79. The van der Waals surface area contributed by atoms with E-state index < -0.39 is 6.10 Å². The van der Waals surface area contributed by atoms with Gasteiger partial charge in [-0.3, -0.25) is 9.59 Å². The minimum absolute atomic E-state index is 0.0745. The van der Waals surface area contributed by atoms with Crippen LogP contribution in [0.25, 0.3) is 0 Å². The molecule has 0 aromatic heterocycles. The minimum atomic E-state index is -0.545. The van der Waals surface area contributed by atoms with Crippen LogP contribution in [0, 0.1) is 5.92 Å². The molecule has 5 heteroatoms. The van der Waals surface area contributed by atoms with E-state index >= 15 is 0 Å². The molecule has 1 aliphatic carbocycles. The van der Waals surface area contributed by atoms with Gasteiger partial charge in [0.25, 0.3) is 5.91 Å². The molecule has 1 atom stereocenters. The van der Waals surface area contributed by atoms with Crippen LogP contribution in [-0.2, 0) is 9.59 Å². The van der Waals surface area contributed by atoms with E-state index in [1.54, 1.807) is 11.8 Å². The van der Waals surface area contributed by atoms with Gasteiger partial charge in [-0.15, -0.1) is 0 Å². The summed E-state index contributed by atoms with van der Waals surface area (Å²) in [5, 5.41) is 3.00. The fraction of sp³-hybridized carbons (Fsp3) is 0.500. The van der Waals surface area contributed by atoms with E-state index in [9.17, 15) is 9.59 Å². The third-order valence-corrected chi connectivity index (χ3v) is 4.84. The zero-order valence-electron chi connectivity index (χ0n) is 15.0. The third kappa shape index (κ3) is 3.86. The molecule has 1 fully saturated rings. The lowest BCUT2D eigenvalue weighted by Crippen LogP contribution is -2.45. The van der Waals surface area contributed by atoms with Crippen molar-refractivity contribution in [2.24, 2.45) is 5.92 Å². The molecule has 134 valence electrons. The topological polar surface area (TPSA) is 58.6 Å². The molecular formula is C20H26N2O3. The number of hydrogen-bond donors (Lipinski definition) is 1. The van der Waals surface area contributed by atoms with Crippen LogP contribution in [0.4, 0.5) is 11.4 Å². The van der Waals surface area contributed by atoms with Gasteiger partial charge in [-0.25, -0.2) is 0 Å². The van der Waals surface area contributed by atoms with Crippen molar-refractivity contribution in [3.05, 3.63) is 30.4 Å². The highest BCUT2D eigenvalue weighted by atomic mass is 16.5. The average Bonchev–Trinajstić information content (AvgIpc) is 2.59. The summed E-state index contributed by atoms with van der Waals surface area (Å²) in [7, 11) is 0. The van der Waals surface area contributed by atoms with Crippen LogP contribution in [0.15, 0.2) is 30.4 Å². The number of carbonyl (C=O) groups excluding carboxylic acids is 2. The van der Waals surface area contributed by atoms with Gasteiger partial charge in [0.1, 0.15) is 5.75 Å². The molecule has 5 nitrogen and oxygen atoms in total. The number of nitrogens with one attached hydrogen (secondary N) is 1. The zero-order valence-corrected chi connectivity index (χ0v) is 15.0. The van der Waals surface area contributed by atoms with Crippen molar-refractivity contribution in [3.63, 3.8) is 0 Å². The first-order chi connectivity index (χ1) is 12.0. The van der Waals surface area contributed by atoms with Crippen LogP contribution in [0.2, 0.25) is 0 Å². The predicted molar refractivity (Wildman–Crippen MR) is 98.9 cm³/mol. The van der Waals surface area contributed by atoms with E-state index in [2.05, 4.69) is 11.9 Å². The van der Waals surface area contributed by atoms with Gasteiger partial charge in [0.15, 0.2) is 6.10 Å². The number of anilines is 2. The Bertz CT molecular complexity index is 692. The Morgan fingerprint density at radius 2 is 2.04 bits per heavy atom. The van der Waals surface area contributed by atoms with Gasteiger partial charge in [0.05, 0.1) is 5.69 Å². The van der Waals surface area contributed by atoms with Crippen LogP contribution in [0.3, 0.4) is 0 Å². The van der Waals surface area contributed by atoms with E-state index in [0.717, 1.165) is 36.9 Å². The average molecular weight is 342 g/mol. The van der Waals surface area contributed by atoms with E-state index in [1.807, 2.05) is 25.1 Å². The molecule has 1 heterocycles. The minimum Gasteiger partial charge on any atom is -0.479 e. The normalized spacial score (nSPS) is 20.6. The van der Waals surface area contributed by atoms with Crippen LogP contribution in [0.1, 0.15) is 46.0 Å². The first kappa shape index (κ1) is 17.5.